The van der Waals surface area contributed by atoms with Crippen LogP contribution in [0, 0.1) is 0 Å². The molecule has 0 bridgehead atoms. The molecule has 0 unspecified atom stereocenters. The number of rotatable bonds is 6. The van der Waals surface area contributed by atoms with E-state index in [0.717, 1.165) is 12.8 Å². The van der Waals surface area contributed by atoms with Gasteiger partial charge in [-0.15, -0.1) is 13.2 Å². The van der Waals surface area contributed by atoms with Gasteiger partial charge in [-0.3, -0.25) is 0 Å². The second-order valence-electron chi connectivity index (χ2n) is 6.55. The summed E-state index contributed by atoms with van der Waals surface area (Å²) in [5, 5.41) is 6.52. The summed E-state index contributed by atoms with van der Waals surface area (Å²) < 4.78 is 41.5. The molecular weight excluding hydrogens is 357 g/mol. The third-order valence-electron chi connectivity index (χ3n) is 4.39. The number of hydrogen-bond donors (Lipinski definition) is 2. The van der Waals surface area contributed by atoms with Gasteiger partial charge < -0.3 is 15.4 Å². The lowest BCUT2D eigenvalue weighted by Gasteiger charge is -2.23. The van der Waals surface area contributed by atoms with Crippen molar-refractivity contribution in [2.75, 3.05) is 17.2 Å². The summed E-state index contributed by atoms with van der Waals surface area (Å²) in [6, 6.07) is 7.86. The summed E-state index contributed by atoms with van der Waals surface area (Å²) in [5.74, 6) is 0.839. The molecule has 1 saturated carbocycles. The molecule has 1 aromatic heterocycles. The maximum atomic E-state index is 12.5. The highest BCUT2D eigenvalue weighted by molar-refractivity contribution is 5.66. The Labute approximate surface area is 156 Å². The van der Waals surface area contributed by atoms with Crippen LogP contribution in [0.4, 0.5) is 24.9 Å². The van der Waals surface area contributed by atoms with Crippen LogP contribution in [0.5, 0.6) is 5.75 Å². The topological polar surface area (TPSA) is 59.1 Å². The fourth-order valence-corrected chi connectivity index (χ4v) is 3.21. The number of alkyl halides is 3. The van der Waals surface area contributed by atoms with Crippen LogP contribution in [0.15, 0.2) is 30.3 Å². The van der Waals surface area contributed by atoms with Crippen molar-refractivity contribution in [3.8, 4) is 17.0 Å². The first-order valence-corrected chi connectivity index (χ1v) is 9.18. The Kier molecular flexibility index (Phi) is 6.03. The largest absolute Gasteiger partial charge is 0.573 e. The minimum absolute atomic E-state index is 0.273. The second kappa shape index (κ2) is 8.45. The summed E-state index contributed by atoms with van der Waals surface area (Å²) in [7, 11) is 0. The molecule has 1 aromatic carbocycles. The van der Waals surface area contributed by atoms with E-state index >= 15 is 0 Å². The molecule has 3 rings (SSSR count). The van der Waals surface area contributed by atoms with Crippen LogP contribution < -0.4 is 15.4 Å². The van der Waals surface area contributed by atoms with Crippen LogP contribution >= 0.6 is 0 Å². The second-order valence-corrected chi connectivity index (χ2v) is 6.55. The molecule has 0 aliphatic heterocycles. The number of hydrogen-bond acceptors (Lipinski definition) is 5. The molecule has 1 fully saturated rings. The average molecular weight is 380 g/mol. The number of nitrogens with one attached hydrogen (secondary N) is 2. The summed E-state index contributed by atoms with van der Waals surface area (Å²) in [6.45, 7) is 2.63. The van der Waals surface area contributed by atoms with Crippen LogP contribution in [0.3, 0.4) is 0 Å². The van der Waals surface area contributed by atoms with Gasteiger partial charge in [0, 0.05) is 24.2 Å². The van der Waals surface area contributed by atoms with Gasteiger partial charge in [0.25, 0.3) is 0 Å². The zero-order valence-electron chi connectivity index (χ0n) is 15.1. The van der Waals surface area contributed by atoms with Gasteiger partial charge in [-0.2, -0.15) is 4.98 Å². The van der Waals surface area contributed by atoms with Crippen molar-refractivity contribution >= 4 is 11.8 Å². The lowest BCUT2D eigenvalue weighted by molar-refractivity contribution is -0.274. The van der Waals surface area contributed by atoms with Gasteiger partial charge in [0.15, 0.2) is 0 Å². The summed E-state index contributed by atoms with van der Waals surface area (Å²) in [6.07, 6.45) is 1.00. The molecule has 5 nitrogen and oxygen atoms in total. The van der Waals surface area contributed by atoms with Crippen molar-refractivity contribution in [1.82, 2.24) is 9.97 Å². The van der Waals surface area contributed by atoms with Crippen molar-refractivity contribution in [2.24, 2.45) is 0 Å². The summed E-state index contributed by atoms with van der Waals surface area (Å²) in [5.41, 5.74) is 1.07. The highest BCUT2D eigenvalue weighted by Gasteiger charge is 2.31. The SMILES string of the molecule is CCNc1cc(-c2cccc(OC(F)(F)F)c2)nc(NC2CCCCC2)n1. The number of anilines is 2. The number of ether oxygens (including phenoxy) is 1. The highest BCUT2D eigenvalue weighted by Crippen LogP contribution is 2.29. The normalized spacial score (nSPS) is 15.4. The Hall–Kier alpha value is -2.51. The molecule has 146 valence electrons. The molecule has 0 amide bonds. The van der Waals surface area contributed by atoms with Gasteiger partial charge in [0.05, 0.1) is 5.69 Å². The monoisotopic (exact) mass is 380 g/mol. The Balaban J connectivity index is 1.88. The van der Waals surface area contributed by atoms with Crippen LogP contribution in [-0.2, 0) is 0 Å². The molecule has 0 saturated heterocycles. The minimum Gasteiger partial charge on any atom is -0.406 e. The van der Waals surface area contributed by atoms with Crippen molar-refractivity contribution < 1.29 is 17.9 Å². The first-order valence-electron chi connectivity index (χ1n) is 9.18. The van der Waals surface area contributed by atoms with Gasteiger partial charge in [-0.25, -0.2) is 4.98 Å². The lowest BCUT2D eigenvalue weighted by Crippen LogP contribution is -2.23. The first-order chi connectivity index (χ1) is 12.9. The van der Waals surface area contributed by atoms with E-state index in [1.165, 1.54) is 37.5 Å². The molecular formula is C19H23F3N4O. The quantitative estimate of drug-likeness (QED) is 0.720. The fraction of sp³-hybridized carbons (Fsp3) is 0.474. The molecule has 1 heterocycles. The van der Waals surface area contributed by atoms with Gasteiger partial charge in [-0.05, 0) is 31.9 Å². The highest BCUT2D eigenvalue weighted by atomic mass is 19.4. The van der Waals surface area contributed by atoms with Crippen molar-refractivity contribution in [1.29, 1.82) is 0 Å². The van der Waals surface area contributed by atoms with Crippen LogP contribution in [0.25, 0.3) is 11.3 Å². The smallest absolute Gasteiger partial charge is 0.406 e. The predicted molar refractivity (Wildman–Crippen MR) is 98.8 cm³/mol. The van der Waals surface area contributed by atoms with Crippen LogP contribution in [0.2, 0.25) is 0 Å². The van der Waals surface area contributed by atoms with Gasteiger partial charge in [0.1, 0.15) is 11.6 Å². The number of aromatic nitrogens is 2. The lowest BCUT2D eigenvalue weighted by atomic mass is 9.96. The predicted octanol–water partition coefficient (Wildman–Crippen LogP) is 5.22. The van der Waals surface area contributed by atoms with Gasteiger partial charge in [-0.1, -0.05) is 31.4 Å². The molecule has 1 aliphatic carbocycles. The average Bonchev–Trinajstić information content (AvgIpc) is 2.61. The standard InChI is InChI=1S/C19H23F3N4O/c1-2-23-17-12-16(13-7-6-10-15(11-13)27-19(20,21)22)25-18(26-17)24-14-8-4-3-5-9-14/h6-7,10-12,14H,2-5,8-9H2,1H3,(H2,23,24,25,26). The molecule has 0 spiro atoms. The summed E-state index contributed by atoms with van der Waals surface area (Å²) in [4.78, 5) is 9.00. The maximum absolute atomic E-state index is 12.5. The third-order valence-corrected chi connectivity index (χ3v) is 4.39. The molecule has 8 heteroatoms. The first kappa shape index (κ1) is 19.3. The van der Waals surface area contributed by atoms with Crippen molar-refractivity contribution in [3.63, 3.8) is 0 Å². The number of benzene rings is 1. The van der Waals surface area contributed by atoms with Crippen molar-refractivity contribution in [3.05, 3.63) is 30.3 Å². The molecule has 0 radical (unpaired) electrons. The van der Waals surface area contributed by atoms with E-state index < -0.39 is 6.36 Å². The van der Waals surface area contributed by atoms with E-state index in [4.69, 9.17) is 0 Å². The fourth-order valence-electron chi connectivity index (χ4n) is 3.21. The molecule has 2 N–H and O–H groups in total. The van der Waals surface area contributed by atoms with Crippen LogP contribution in [-0.4, -0.2) is 28.9 Å². The van der Waals surface area contributed by atoms with Gasteiger partial charge in [0.2, 0.25) is 5.95 Å². The Morgan fingerprint density at radius 1 is 1.11 bits per heavy atom. The summed E-state index contributed by atoms with van der Waals surface area (Å²) >= 11 is 0. The molecule has 2 aromatic rings. The van der Waals surface area contributed by atoms with E-state index in [1.807, 2.05) is 6.92 Å². The molecule has 27 heavy (non-hydrogen) atoms. The van der Waals surface area contributed by atoms with E-state index in [1.54, 1.807) is 12.1 Å². The third kappa shape index (κ3) is 5.74. The Morgan fingerprint density at radius 2 is 1.89 bits per heavy atom. The Bertz CT molecular complexity index is 761. The van der Waals surface area contributed by atoms with Gasteiger partial charge >= 0.3 is 6.36 Å². The maximum Gasteiger partial charge on any atom is 0.573 e. The number of halogens is 3. The minimum atomic E-state index is -4.73. The zero-order valence-corrected chi connectivity index (χ0v) is 15.1. The van der Waals surface area contributed by atoms with Crippen LogP contribution in [0.1, 0.15) is 39.0 Å². The van der Waals surface area contributed by atoms with E-state index in [9.17, 15) is 13.2 Å². The number of nitrogens with zero attached hydrogens (tertiary/aromatic N) is 2. The van der Waals surface area contributed by atoms with E-state index in [0.29, 0.717) is 35.6 Å². The van der Waals surface area contributed by atoms with E-state index in [2.05, 4.69) is 25.3 Å². The molecule has 0 atom stereocenters. The Morgan fingerprint density at radius 3 is 2.59 bits per heavy atom. The molecule has 1 aliphatic rings. The zero-order chi connectivity index (χ0) is 19.3. The van der Waals surface area contributed by atoms with E-state index in [-0.39, 0.29) is 5.75 Å². The van der Waals surface area contributed by atoms with Crippen molar-refractivity contribution in [2.45, 2.75) is 51.4 Å².